The summed E-state index contributed by atoms with van der Waals surface area (Å²) in [4.78, 5) is 11.7. The summed E-state index contributed by atoms with van der Waals surface area (Å²) in [5.74, 6) is -3.66. The van der Waals surface area contributed by atoms with Crippen molar-refractivity contribution in [2.24, 2.45) is 0 Å². The Balaban J connectivity index is 1.81. The SMILES string of the molecule is O=C(NCCc1cc(Br)ccc1F)C1CC(F)(F)CN1. The van der Waals surface area contributed by atoms with Crippen LogP contribution in [0.25, 0.3) is 0 Å². The van der Waals surface area contributed by atoms with Gasteiger partial charge in [-0.3, -0.25) is 10.1 Å². The van der Waals surface area contributed by atoms with Gasteiger partial charge in [-0.1, -0.05) is 15.9 Å². The number of nitrogens with one attached hydrogen (secondary N) is 2. The van der Waals surface area contributed by atoms with Crippen molar-refractivity contribution in [1.82, 2.24) is 10.6 Å². The molecular formula is C13H14BrF3N2O. The Hall–Kier alpha value is -1.08. The second-order valence-corrected chi connectivity index (χ2v) is 5.69. The number of amides is 1. The van der Waals surface area contributed by atoms with Crippen molar-refractivity contribution in [2.45, 2.75) is 24.8 Å². The van der Waals surface area contributed by atoms with Gasteiger partial charge in [-0.05, 0) is 30.2 Å². The van der Waals surface area contributed by atoms with Crippen LogP contribution in [0, 0.1) is 5.82 Å². The van der Waals surface area contributed by atoms with E-state index in [0.717, 1.165) is 4.47 Å². The Labute approximate surface area is 123 Å². The Morgan fingerprint density at radius 3 is 2.90 bits per heavy atom. The normalized spacial score (nSPS) is 20.9. The summed E-state index contributed by atoms with van der Waals surface area (Å²) in [6, 6.07) is 3.67. The van der Waals surface area contributed by atoms with Crippen LogP contribution in [0.2, 0.25) is 0 Å². The number of hydrogen-bond acceptors (Lipinski definition) is 2. The highest BCUT2D eigenvalue weighted by Gasteiger charge is 2.42. The molecule has 1 atom stereocenters. The van der Waals surface area contributed by atoms with E-state index in [-0.39, 0.29) is 12.4 Å². The Kier molecular flexibility index (Phi) is 4.70. The van der Waals surface area contributed by atoms with Crippen LogP contribution in [0.15, 0.2) is 22.7 Å². The number of halogens is 4. The Morgan fingerprint density at radius 2 is 2.25 bits per heavy atom. The van der Waals surface area contributed by atoms with Gasteiger partial charge >= 0.3 is 0 Å². The highest BCUT2D eigenvalue weighted by atomic mass is 79.9. The van der Waals surface area contributed by atoms with Crippen molar-refractivity contribution in [3.63, 3.8) is 0 Å². The average molecular weight is 351 g/mol. The standard InChI is InChI=1S/C13H14BrF3N2O/c14-9-1-2-10(15)8(5-9)3-4-18-12(20)11-6-13(16,17)7-19-11/h1-2,5,11,19H,3-4,6-7H2,(H,18,20). The number of rotatable bonds is 4. The van der Waals surface area contributed by atoms with E-state index in [4.69, 9.17) is 0 Å². The quantitative estimate of drug-likeness (QED) is 0.874. The summed E-state index contributed by atoms with van der Waals surface area (Å²) >= 11 is 3.24. The monoisotopic (exact) mass is 350 g/mol. The second-order valence-electron chi connectivity index (χ2n) is 4.77. The van der Waals surface area contributed by atoms with Crippen LogP contribution >= 0.6 is 15.9 Å². The molecule has 2 N–H and O–H groups in total. The van der Waals surface area contributed by atoms with Gasteiger partial charge in [0, 0.05) is 17.4 Å². The van der Waals surface area contributed by atoms with Crippen LogP contribution < -0.4 is 10.6 Å². The van der Waals surface area contributed by atoms with Crippen LogP contribution in [0.4, 0.5) is 13.2 Å². The smallest absolute Gasteiger partial charge is 0.262 e. The largest absolute Gasteiger partial charge is 0.354 e. The molecule has 1 unspecified atom stereocenters. The molecular weight excluding hydrogens is 337 g/mol. The third kappa shape index (κ3) is 3.96. The predicted molar refractivity (Wildman–Crippen MR) is 72.2 cm³/mol. The molecule has 7 heteroatoms. The van der Waals surface area contributed by atoms with E-state index in [1.54, 1.807) is 12.1 Å². The Bertz CT molecular complexity index is 510. The number of hydrogen-bond donors (Lipinski definition) is 2. The molecule has 0 aromatic heterocycles. The van der Waals surface area contributed by atoms with Gasteiger partial charge in [0.2, 0.25) is 5.91 Å². The molecule has 0 radical (unpaired) electrons. The fraction of sp³-hybridized carbons (Fsp3) is 0.462. The molecule has 0 spiro atoms. The molecule has 0 bridgehead atoms. The maximum absolute atomic E-state index is 13.5. The fourth-order valence-electron chi connectivity index (χ4n) is 2.08. The van der Waals surface area contributed by atoms with Crippen LogP contribution in [-0.4, -0.2) is 31.0 Å². The molecule has 1 aromatic carbocycles. The van der Waals surface area contributed by atoms with E-state index in [0.29, 0.717) is 12.0 Å². The summed E-state index contributed by atoms with van der Waals surface area (Å²) in [5, 5.41) is 5.01. The number of carbonyl (C=O) groups is 1. The first-order chi connectivity index (χ1) is 9.37. The summed E-state index contributed by atoms with van der Waals surface area (Å²) < 4.78 is 40.1. The molecule has 2 rings (SSSR count). The minimum Gasteiger partial charge on any atom is -0.354 e. The van der Waals surface area contributed by atoms with Gasteiger partial charge in [-0.2, -0.15) is 0 Å². The predicted octanol–water partition coefficient (Wildman–Crippen LogP) is 2.24. The number of alkyl halides is 2. The topological polar surface area (TPSA) is 41.1 Å². The molecule has 1 saturated heterocycles. The molecule has 1 amide bonds. The van der Waals surface area contributed by atoms with Gasteiger partial charge < -0.3 is 5.32 Å². The van der Waals surface area contributed by atoms with E-state index in [2.05, 4.69) is 26.6 Å². The minimum atomic E-state index is -2.83. The molecule has 3 nitrogen and oxygen atoms in total. The zero-order valence-corrected chi connectivity index (χ0v) is 12.1. The van der Waals surface area contributed by atoms with Crippen molar-refractivity contribution < 1.29 is 18.0 Å². The summed E-state index contributed by atoms with van der Waals surface area (Å²) in [7, 11) is 0. The molecule has 0 saturated carbocycles. The minimum absolute atomic E-state index is 0.204. The van der Waals surface area contributed by atoms with Gasteiger partial charge in [0.25, 0.3) is 5.92 Å². The molecule has 1 aromatic rings. The van der Waals surface area contributed by atoms with E-state index in [1.807, 2.05) is 0 Å². The maximum atomic E-state index is 13.5. The molecule has 20 heavy (non-hydrogen) atoms. The lowest BCUT2D eigenvalue weighted by Crippen LogP contribution is -2.41. The van der Waals surface area contributed by atoms with Gasteiger partial charge in [0.1, 0.15) is 5.82 Å². The van der Waals surface area contributed by atoms with Crippen molar-refractivity contribution >= 4 is 21.8 Å². The van der Waals surface area contributed by atoms with Crippen LogP contribution in [0.3, 0.4) is 0 Å². The van der Waals surface area contributed by atoms with E-state index in [1.165, 1.54) is 6.07 Å². The Morgan fingerprint density at radius 1 is 1.50 bits per heavy atom. The maximum Gasteiger partial charge on any atom is 0.262 e. The number of carbonyl (C=O) groups excluding carboxylic acids is 1. The first-order valence-electron chi connectivity index (χ1n) is 6.20. The van der Waals surface area contributed by atoms with Gasteiger partial charge in [-0.25, -0.2) is 13.2 Å². The van der Waals surface area contributed by atoms with Crippen LogP contribution in [0.5, 0.6) is 0 Å². The fourth-order valence-corrected chi connectivity index (χ4v) is 2.49. The number of benzene rings is 1. The summed E-state index contributed by atoms with van der Waals surface area (Å²) in [6.07, 6.45) is -0.190. The summed E-state index contributed by atoms with van der Waals surface area (Å²) in [5.41, 5.74) is 0.462. The molecule has 1 heterocycles. The zero-order chi connectivity index (χ0) is 14.8. The van der Waals surface area contributed by atoms with E-state index < -0.39 is 30.8 Å². The van der Waals surface area contributed by atoms with E-state index in [9.17, 15) is 18.0 Å². The van der Waals surface area contributed by atoms with Gasteiger partial charge in [0.05, 0.1) is 12.6 Å². The highest BCUT2D eigenvalue weighted by Crippen LogP contribution is 2.25. The molecule has 1 aliphatic heterocycles. The van der Waals surface area contributed by atoms with Crippen molar-refractivity contribution in [3.8, 4) is 0 Å². The van der Waals surface area contributed by atoms with Crippen LogP contribution in [0.1, 0.15) is 12.0 Å². The average Bonchev–Trinajstić information content (AvgIpc) is 2.74. The first-order valence-corrected chi connectivity index (χ1v) is 6.99. The zero-order valence-electron chi connectivity index (χ0n) is 10.6. The molecule has 0 aliphatic carbocycles. The lowest BCUT2D eigenvalue weighted by Gasteiger charge is -2.11. The molecule has 110 valence electrons. The third-order valence-electron chi connectivity index (χ3n) is 3.13. The lowest BCUT2D eigenvalue weighted by atomic mass is 10.1. The van der Waals surface area contributed by atoms with Crippen molar-refractivity contribution in [3.05, 3.63) is 34.1 Å². The van der Waals surface area contributed by atoms with Crippen molar-refractivity contribution in [2.75, 3.05) is 13.1 Å². The molecule has 1 fully saturated rings. The van der Waals surface area contributed by atoms with E-state index >= 15 is 0 Å². The lowest BCUT2D eigenvalue weighted by molar-refractivity contribution is -0.123. The van der Waals surface area contributed by atoms with Gasteiger partial charge in [0.15, 0.2) is 0 Å². The van der Waals surface area contributed by atoms with Crippen LogP contribution in [-0.2, 0) is 11.2 Å². The second kappa shape index (κ2) is 6.13. The highest BCUT2D eigenvalue weighted by molar-refractivity contribution is 9.10. The van der Waals surface area contributed by atoms with Crippen molar-refractivity contribution in [1.29, 1.82) is 0 Å². The molecule has 1 aliphatic rings. The third-order valence-corrected chi connectivity index (χ3v) is 3.62. The van der Waals surface area contributed by atoms with Gasteiger partial charge in [-0.15, -0.1) is 0 Å². The summed E-state index contributed by atoms with van der Waals surface area (Å²) in [6.45, 7) is -0.276. The first kappa shape index (κ1) is 15.3.